The lowest BCUT2D eigenvalue weighted by Gasteiger charge is -2.36. The third-order valence-corrected chi connectivity index (χ3v) is 10.5. The van der Waals surface area contributed by atoms with Crippen LogP contribution >= 0.6 is 0 Å². The normalized spacial score (nSPS) is 23.6. The molecule has 1 heterocycles. The zero-order valence-electron chi connectivity index (χ0n) is 15.0. The van der Waals surface area contributed by atoms with E-state index in [4.69, 9.17) is 0 Å². The van der Waals surface area contributed by atoms with Crippen LogP contribution in [0.2, 0.25) is 24.7 Å². The molecule has 2 aromatic carbocycles. The molecule has 0 aromatic heterocycles. The van der Waals surface area contributed by atoms with Gasteiger partial charge < -0.3 is 5.11 Å². The summed E-state index contributed by atoms with van der Waals surface area (Å²) in [4.78, 5) is 0. The number of halogens is 2. The summed E-state index contributed by atoms with van der Waals surface area (Å²) < 4.78 is 27.1. The zero-order chi connectivity index (χ0) is 18.0. The lowest BCUT2D eigenvalue weighted by atomic mass is 9.92. The second kappa shape index (κ2) is 7.28. The van der Waals surface area contributed by atoms with E-state index in [-0.39, 0.29) is 0 Å². The van der Waals surface area contributed by atoms with Gasteiger partial charge in [-0.05, 0) is 47.6 Å². The molecule has 0 saturated carbocycles. The van der Waals surface area contributed by atoms with Gasteiger partial charge in [-0.1, -0.05) is 62.3 Å². The number of hydrogen-bond acceptors (Lipinski definition) is 1. The third-order valence-electron chi connectivity index (χ3n) is 5.78. The standard InChI is InChI=1S/C21H26F2OSi/c1-3-10-25(2)11-8-17(9-12-25)15-4-6-16(7-5-15)18-13-19(22)21(24)20(23)14-18/h4-7,13-14,17,24H,3,8-12H2,1-2H3. The molecule has 0 spiro atoms. The maximum Gasteiger partial charge on any atom is 0.187 e. The Hall–Kier alpha value is -1.68. The summed E-state index contributed by atoms with van der Waals surface area (Å²) in [5.74, 6) is -2.15. The minimum Gasteiger partial charge on any atom is -0.503 e. The first-order valence-electron chi connectivity index (χ1n) is 9.20. The molecule has 1 N–H and O–H groups in total. The number of rotatable bonds is 4. The van der Waals surface area contributed by atoms with Crippen LogP contribution in [0, 0.1) is 11.6 Å². The van der Waals surface area contributed by atoms with Gasteiger partial charge in [-0.2, -0.15) is 0 Å². The topological polar surface area (TPSA) is 20.2 Å². The Labute approximate surface area is 149 Å². The number of phenols is 1. The lowest BCUT2D eigenvalue weighted by molar-refractivity contribution is 0.396. The van der Waals surface area contributed by atoms with Crippen LogP contribution < -0.4 is 0 Å². The molecule has 134 valence electrons. The molecule has 1 nitrogen and oxygen atoms in total. The van der Waals surface area contributed by atoms with Gasteiger partial charge in [0.05, 0.1) is 8.07 Å². The van der Waals surface area contributed by atoms with E-state index < -0.39 is 25.5 Å². The number of benzene rings is 2. The van der Waals surface area contributed by atoms with Crippen molar-refractivity contribution in [2.75, 3.05) is 0 Å². The summed E-state index contributed by atoms with van der Waals surface area (Å²) in [5.41, 5.74) is 2.55. The first-order chi connectivity index (χ1) is 11.9. The number of phenolic OH excluding ortho intramolecular Hbond substituents is 1. The SMILES string of the molecule is CCC[Si]1(C)CCC(c2ccc(-c3cc(F)c(O)c(F)c3)cc2)CC1. The van der Waals surface area contributed by atoms with Gasteiger partial charge in [0, 0.05) is 0 Å². The molecule has 0 aliphatic carbocycles. The van der Waals surface area contributed by atoms with E-state index in [2.05, 4.69) is 25.6 Å². The van der Waals surface area contributed by atoms with Gasteiger partial charge in [-0.3, -0.25) is 0 Å². The fourth-order valence-electron chi connectivity index (χ4n) is 4.18. The monoisotopic (exact) mass is 360 g/mol. The van der Waals surface area contributed by atoms with Crippen molar-refractivity contribution in [3.05, 3.63) is 53.6 Å². The Morgan fingerprint density at radius 3 is 2.08 bits per heavy atom. The van der Waals surface area contributed by atoms with E-state index in [1.807, 2.05) is 12.1 Å². The van der Waals surface area contributed by atoms with Crippen molar-refractivity contribution in [2.24, 2.45) is 0 Å². The number of hydrogen-bond donors (Lipinski definition) is 1. The van der Waals surface area contributed by atoms with Gasteiger partial charge in [0.1, 0.15) is 0 Å². The zero-order valence-corrected chi connectivity index (χ0v) is 16.0. The predicted octanol–water partition coefficient (Wildman–Crippen LogP) is 6.70. The minimum absolute atomic E-state index is 0.450. The molecule has 0 amide bonds. The summed E-state index contributed by atoms with van der Waals surface area (Å²) >= 11 is 0. The van der Waals surface area contributed by atoms with Gasteiger partial charge in [0.2, 0.25) is 0 Å². The summed E-state index contributed by atoms with van der Waals surface area (Å²) in [7, 11) is -1.000. The van der Waals surface area contributed by atoms with Gasteiger partial charge in [0.15, 0.2) is 17.4 Å². The average Bonchev–Trinajstić information content (AvgIpc) is 2.60. The van der Waals surface area contributed by atoms with Crippen molar-refractivity contribution in [1.29, 1.82) is 0 Å². The first-order valence-corrected chi connectivity index (χ1v) is 12.3. The lowest BCUT2D eigenvalue weighted by Crippen LogP contribution is -2.33. The summed E-state index contributed by atoms with van der Waals surface area (Å²) in [5, 5.41) is 9.23. The van der Waals surface area contributed by atoms with Crippen molar-refractivity contribution in [1.82, 2.24) is 0 Å². The Balaban J connectivity index is 1.73. The van der Waals surface area contributed by atoms with Crippen LogP contribution in [0.25, 0.3) is 11.1 Å². The van der Waals surface area contributed by atoms with Crippen LogP contribution in [0.1, 0.15) is 37.7 Å². The van der Waals surface area contributed by atoms with Crippen LogP contribution in [0.5, 0.6) is 5.75 Å². The average molecular weight is 361 g/mol. The molecular formula is C21H26F2OSi. The van der Waals surface area contributed by atoms with Gasteiger partial charge >= 0.3 is 0 Å². The molecule has 25 heavy (non-hydrogen) atoms. The Morgan fingerprint density at radius 1 is 1.00 bits per heavy atom. The highest BCUT2D eigenvalue weighted by molar-refractivity contribution is 6.78. The molecule has 0 atom stereocenters. The van der Waals surface area contributed by atoms with Gasteiger partial charge in [-0.25, -0.2) is 8.78 Å². The van der Waals surface area contributed by atoms with Crippen LogP contribution in [-0.4, -0.2) is 13.2 Å². The second-order valence-corrected chi connectivity index (χ2v) is 12.9. The van der Waals surface area contributed by atoms with E-state index >= 15 is 0 Å². The van der Waals surface area contributed by atoms with Gasteiger partial charge in [-0.15, -0.1) is 0 Å². The fourth-order valence-corrected chi connectivity index (χ4v) is 8.23. The number of aromatic hydroxyl groups is 1. The Kier molecular flexibility index (Phi) is 5.28. The predicted molar refractivity (Wildman–Crippen MR) is 102 cm³/mol. The van der Waals surface area contributed by atoms with E-state index in [1.165, 1.54) is 55.1 Å². The van der Waals surface area contributed by atoms with Crippen LogP contribution in [-0.2, 0) is 0 Å². The van der Waals surface area contributed by atoms with Crippen molar-refractivity contribution >= 4 is 8.07 Å². The van der Waals surface area contributed by atoms with Crippen molar-refractivity contribution in [2.45, 2.75) is 56.8 Å². The highest BCUT2D eigenvalue weighted by Crippen LogP contribution is 2.41. The molecule has 4 heteroatoms. The summed E-state index contributed by atoms with van der Waals surface area (Å²) in [6.45, 7) is 4.84. The highest BCUT2D eigenvalue weighted by atomic mass is 28.3. The van der Waals surface area contributed by atoms with Gasteiger partial charge in [0.25, 0.3) is 0 Å². The molecule has 0 unspecified atom stereocenters. The summed E-state index contributed by atoms with van der Waals surface area (Å²) in [6.07, 6.45) is 3.84. The molecule has 1 fully saturated rings. The Morgan fingerprint density at radius 2 is 1.56 bits per heavy atom. The highest BCUT2D eigenvalue weighted by Gasteiger charge is 2.32. The Bertz CT molecular complexity index is 711. The smallest absolute Gasteiger partial charge is 0.187 e. The molecule has 1 aliphatic rings. The van der Waals surface area contributed by atoms with Crippen molar-refractivity contribution in [3.63, 3.8) is 0 Å². The van der Waals surface area contributed by atoms with E-state index in [0.29, 0.717) is 11.5 Å². The second-order valence-electron chi connectivity index (χ2n) is 7.75. The molecule has 0 radical (unpaired) electrons. The minimum atomic E-state index is -1.000. The van der Waals surface area contributed by atoms with Crippen molar-refractivity contribution in [3.8, 4) is 16.9 Å². The maximum absolute atomic E-state index is 13.5. The van der Waals surface area contributed by atoms with E-state index in [0.717, 1.165) is 5.56 Å². The van der Waals surface area contributed by atoms with Crippen molar-refractivity contribution < 1.29 is 13.9 Å². The van der Waals surface area contributed by atoms with Crippen LogP contribution in [0.3, 0.4) is 0 Å². The summed E-state index contributed by atoms with van der Waals surface area (Å²) in [6, 6.07) is 14.6. The quantitative estimate of drug-likeness (QED) is 0.601. The molecular weight excluding hydrogens is 334 g/mol. The first kappa shape index (κ1) is 18.1. The molecule has 3 rings (SSSR count). The van der Waals surface area contributed by atoms with E-state index in [1.54, 1.807) is 0 Å². The van der Waals surface area contributed by atoms with E-state index in [9.17, 15) is 13.9 Å². The third kappa shape index (κ3) is 3.95. The molecule has 0 bridgehead atoms. The van der Waals surface area contributed by atoms with Crippen LogP contribution in [0.15, 0.2) is 36.4 Å². The molecule has 1 saturated heterocycles. The maximum atomic E-state index is 13.5. The molecule has 1 aliphatic heterocycles. The largest absolute Gasteiger partial charge is 0.503 e. The molecule has 2 aromatic rings. The van der Waals surface area contributed by atoms with Crippen LogP contribution in [0.4, 0.5) is 8.78 Å². The fraction of sp³-hybridized carbons (Fsp3) is 0.429.